The van der Waals surface area contributed by atoms with Crippen molar-refractivity contribution in [1.82, 2.24) is 9.97 Å². The van der Waals surface area contributed by atoms with Crippen molar-refractivity contribution in [3.8, 4) is 5.75 Å². The molecular weight excluding hydrogens is 319 g/mol. The Labute approximate surface area is 116 Å². The lowest BCUT2D eigenvalue weighted by atomic mass is 10.2. The number of halogens is 2. The van der Waals surface area contributed by atoms with Gasteiger partial charge < -0.3 is 9.47 Å². The smallest absolute Gasteiger partial charge is 0.344 e. The Morgan fingerprint density at radius 3 is 2.89 bits per heavy atom. The maximum absolute atomic E-state index is 14.2. The van der Waals surface area contributed by atoms with Crippen molar-refractivity contribution < 1.29 is 18.7 Å². The molecule has 0 N–H and O–H groups in total. The zero-order valence-corrected chi connectivity index (χ0v) is 11.6. The molecule has 1 aromatic carbocycles. The van der Waals surface area contributed by atoms with Crippen LogP contribution in [-0.4, -0.2) is 29.2 Å². The maximum Gasteiger partial charge on any atom is 0.344 e. The van der Waals surface area contributed by atoms with Crippen molar-refractivity contribution in [3.63, 3.8) is 0 Å². The van der Waals surface area contributed by atoms with E-state index in [9.17, 15) is 9.18 Å². The summed E-state index contributed by atoms with van der Waals surface area (Å²) in [7, 11) is 0. The van der Waals surface area contributed by atoms with E-state index < -0.39 is 11.8 Å². The minimum Gasteiger partial charge on any atom is -0.478 e. The van der Waals surface area contributed by atoms with Crippen LogP contribution in [0.15, 0.2) is 22.9 Å². The molecule has 0 atom stereocenters. The average molecular weight is 329 g/mol. The highest BCUT2D eigenvalue weighted by atomic mass is 79.9. The standard InChI is InChI=1S/C12H10BrFN2O3/c1-2-18-9(17)6-19-12-7(13)5-8-11(10(12)14)16-4-3-15-8/h3-5H,2,6H2,1H3. The third-order valence-electron chi connectivity index (χ3n) is 2.25. The summed E-state index contributed by atoms with van der Waals surface area (Å²) < 4.78 is 24.3. The second-order valence-corrected chi connectivity index (χ2v) is 4.37. The predicted octanol–water partition coefficient (Wildman–Crippen LogP) is 2.47. The van der Waals surface area contributed by atoms with Crippen LogP contribution in [0.5, 0.6) is 5.75 Å². The van der Waals surface area contributed by atoms with Gasteiger partial charge in [0, 0.05) is 12.4 Å². The number of rotatable bonds is 4. The molecule has 7 heteroatoms. The van der Waals surface area contributed by atoms with Gasteiger partial charge in [0.1, 0.15) is 5.52 Å². The number of esters is 1. The van der Waals surface area contributed by atoms with Crippen molar-refractivity contribution >= 4 is 32.9 Å². The predicted molar refractivity (Wildman–Crippen MR) is 69.3 cm³/mol. The summed E-state index contributed by atoms with van der Waals surface area (Å²) in [6.07, 6.45) is 2.85. The molecular formula is C12H10BrFN2O3. The molecule has 0 saturated heterocycles. The van der Waals surface area contributed by atoms with Crippen molar-refractivity contribution in [2.75, 3.05) is 13.2 Å². The Morgan fingerprint density at radius 2 is 2.16 bits per heavy atom. The van der Waals surface area contributed by atoms with Crippen LogP contribution < -0.4 is 4.74 Å². The third kappa shape index (κ3) is 2.98. The number of fused-ring (bicyclic) bond motifs is 1. The highest BCUT2D eigenvalue weighted by Gasteiger charge is 2.16. The van der Waals surface area contributed by atoms with Gasteiger partial charge in [-0.05, 0) is 28.9 Å². The quantitative estimate of drug-likeness (QED) is 0.807. The Bertz CT molecular complexity index is 621. The topological polar surface area (TPSA) is 61.3 Å². The molecule has 0 aliphatic carbocycles. The zero-order chi connectivity index (χ0) is 13.8. The Balaban J connectivity index is 2.30. The number of aromatic nitrogens is 2. The van der Waals surface area contributed by atoms with Gasteiger partial charge in [0.2, 0.25) is 0 Å². The second kappa shape index (κ2) is 5.92. The molecule has 1 heterocycles. The molecule has 5 nitrogen and oxygen atoms in total. The van der Waals surface area contributed by atoms with Gasteiger partial charge in [0.05, 0.1) is 16.6 Å². The maximum atomic E-state index is 14.2. The lowest BCUT2D eigenvalue weighted by molar-refractivity contribution is -0.145. The van der Waals surface area contributed by atoms with Gasteiger partial charge in [-0.15, -0.1) is 0 Å². The van der Waals surface area contributed by atoms with Gasteiger partial charge in [0.15, 0.2) is 18.2 Å². The van der Waals surface area contributed by atoms with E-state index in [1.54, 1.807) is 13.0 Å². The fourth-order valence-electron chi connectivity index (χ4n) is 1.49. The van der Waals surface area contributed by atoms with Crippen LogP contribution in [0.1, 0.15) is 6.92 Å². The largest absolute Gasteiger partial charge is 0.478 e. The summed E-state index contributed by atoms with van der Waals surface area (Å²) in [5.41, 5.74) is 0.486. The van der Waals surface area contributed by atoms with Crippen LogP contribution in [0.4, 0.5) is 4.39 Å². The van der Waals surface area contributed by atoms with E-state index in [0.717, 1.165) is 0 Å². The van der Waals surface area contributed by atoms with E-state index in [-0.39, 0.29) is 24.5 Å². The highest BCUT2D eigenvalue weighted by molar-refractivity contribution is 9.10. The summed E-state index contributed by atoms with van der Waals surface area (Å²) >= 11 is 3.17. The van der Waals surface area contributed by atoms with Crippen molar-refractivity contribution in [1.29, 1.82) is 0 Å². The SMILES string of the molecule is CCOC(=O)COc1c(Br)cc2nccnc2c1F. The molecule has 100 valence electrons. The van der Waals surface area contributed by atoms with Crippen LogP contribution in [0.25, 0.3) is 11.0 Å². The summed E-state index contributed by atoms with van der Waals surface area (Å²) in [6.45, 7) is 1.56. The Hall–Kier alpha value is -1.76. The van der Waals surface area contributed by atoms with Gasteiger partial charge in [-0.3, -0.25) is 4.98 Å². The van der Waals surface area contributed by atoms with E-state index in [1.165, 1.54) is 12.4 Å². The molecule has 0 radical (unpaired) electrons. The van der Waals surface area contributed by atoms with Gasteiger partial charge >= 0.3 is 5.97 Å². The summed E-state index contributed by atoms with van der Waals surface area (Å²) in [6, 6.07) is 1.58. The summed E-state index contributed by atoms with van der Waals surface area (Å²) in [4.78, 5) is 19.1. The van der Waals surface area contributed by atoms with E-state index in [1.807, 2.05) is 0 Å². The lowest BCUT2D eigenvalue weighted by Gasteiger charge is -2.10. The Morgan fingerprint density at radius 1 is 1.42 bits per heavy atom. The number of nitrogens with zero attached hydrogens (tertiary/aromatic N) is 2. The minimum atomic E-state index is -0.665. The number of ether oxygens (including phenoxy) is 2. The van der Waals surface area contributed by atoms with E-state index >= 15 is 0 Å². The summed E-state index contributed by atoms with van der Waals surface area (Å²) in [5.74, 6) is -1.31. The monoisotopic (exact) mass is 328 g/mol. The molecule has 0 saturated carbocycles. The first-order chi connectivity index (χ1) is 9.13. The first-order valence-corrected chi connectivity index (χ1v) is 6.30. The molecule has 19 heavy (non-hydrogen) atoms. The van der Waals surface area contributed by atoms with Crippen molar-refractivity contribution in [2.45, 2.75) is 6.92 Å². The highest BCUT2D eigenvalue weighted by Crippen LogP contribution is 2.32. The first-order valence-electron chi connectivity index (χ1n) is 5.50. The van der Waals surface area contributed by atoms with Crippen molar-refractivity contribution in [3.05, 3.63) is 28.7 Å². The van der Waals surface area contributed by atoms with Crippen LogP contribution in [0, 0.1) is 5.82 Å². The molecule has 1 aromatic heterocycles. The van der Waals surface area contributed by atoms with Gasteiger partial charge in [-0.25, -0.2) is 14.2 Å². The summed E-state index contributed by atoms with van der Waals surface area (Å²) in [5, 5.41) is 0. The molecule has 0 bridgehead atoms. The number of carbonyl (C=O) groups excluding carboxylic acids is 1. The molecule has 0 unspecified atom stereocenters. The fraction of sp³-hybridized carbons (Fsp3) is 0.250. The van der Waals surface area contributed by atoms with Crippen molar-refractivity contribution in [2.24, 2.45) is 0 Å². The molecule has 2 aromatic rings. The van der Waals surface area contributed by atoms with E-state index in [4.69, 9.17) is 9.47 Å². The first kappa shape index (κ1) is 13.7. The third-order valence-corrected chi connectivity index (χ3v) is 2.84. The van der Waals surface area contributed by atoms with Gasteiger partial charge in [-0.1, -0.05) is 0 Å². The van der Waals surface area contributed by atoms with E-state index in [2.05, 4.69) is 25.9 Å². The number of hydrogen-bond donors (Lipinski definition) is 0. The van der Waals surface area contributed by atoms with Gasteiger partial charge in [-0.2, -0.15) is 0 Å². The molecule has 0 amide bonds. The molecule has 0 aliphatic heterocycles. The number of benzene rings is 1. The minimum absolute atomic E-state index is 0.0824. The second-order valence-electron chi connectivity index (χ2n) is 3.52. The van der Waals surface area contributed by atoms with Crippen LogP contribution in [0.3, 0.4) is 0 Å². The zero-order valence-electron chi connectivity index (χ0n) is 10.0. The molecule has 0 aliphatic rings. The van der Waals surface area contributed by atoms with Crippen LogP contribution in [-0.2, 0) is 9.53 Å². The normalized spacial score (nSPS) is 10.5. The van der Waals surface area contributed by atoms with Crippen LogP contribution >= 0.6 is 15.9 Å². The molecule has 2 rings (SSSR count). The fourth-order valence-corrected chi connectivity index (χ4v) is 1.99. The molecule has 0 fully saturated rings. The lowest BCUT2D eigenvalue weighted by Crippen LogP contribution is -2.15. The Kier molecular flexibility index (Phi) is 4.26. The van der Waals surface area contributed by atoms with E-state index in [0.29, 0.717) is 9.99 Å². The number of carbonyl (C=O) groups is 1. The van der Waals surface area contributed by atoms with Gasteiger partial charge in [0.25, 0.3) is 0 Å². The molecule has 0 spiro atoms. The average Bonchev–Trinajstić information content (AvgIpc) is 2.39. The number of hydrogen-bond acceptors (Lipinski definition) is 5. The van der Waals surface area contributed by atoms with Crippen LogP contribution in [0.2, 0.25) is 0 Å².